The van der Waals surface area contributed by atoms with E-state index in [4.69, 9.17) is 16.3 Å². The summed E-state index contributed by atoms with van der Waals surface area (Å²) >= 11 is 9.35. The molecule has 0 fully saturated rings. The van der Waals surface area contributed by atoms with Gasteiger partial charge in [0.2, 0.25) is 0 Å². The van der Waals surface area contributed by atoms with Gasteiger partial charge in [0.15, 0.2) is 10.9 Å². The monoisotopic (exact) mass is 271 g/mol. The van der Waals surface area contributed by atoms with Crippen LogP contribution < -0.4 is 4.74 Å². The van der Waals surface area contributed by atoms with Gasteiger partial charge in [-0.05, 0) is 18.2 Å². The molecule has 0 spiro atoms. The number of halogens is 2. The van der Waals surface area contributed by atoms with Crippen LogP contribution in [0.1, 0.15) is 0 Å². The van der Waals surface area contributed by atoms with E-state index < -0.39 is 0 Å². The molecule has 0 aliphatic heterocycles. The minimum Gasteiger partial charge on any atom is -0.494 e. The van der Waals surface area contributed by atoms with Crippen molar-refractivity contribution in [1.82, 2.24) is 4.98 Å². The molecule has 2 nitrogen and oxygen atoms in total. The van der Waals surface area contributed by atoms with E-state index >= 15 is 0 Å². The fraction of sp³-hybridized carbons (Fsp3) is 0.100. The van der Waals surface area contributed by atoms with E-state index in [1.165, 1.54) is 0 Å². The molecule has 1 aromatic heterocycles. The van der Waals surface area contributed by atoms with Gasteiger partial charge in [0.1, 0.15) is 0 Å². The van der Waals surface area contributed by atoms with Crippen molar-refractivity contribution in [3.63, 3.8) is 0 Å². The highest BCUT2D eigenvalue weighted by molar-refractivity contribution is 9.10. The Bertz CT molecular complexity index is 487. The Morgan fingerprint density at radius 3 is 2.93 bits per heavy atom. The molecule has 1 heterocycles. The van der Waals surface area contributed by atoms with Crippen molar-refractivity contribution in [1.29, 1.82) is 0 Å². The Balaban J connectivity index is 2.80. The van der Waals surface area contributed by atoms with Crippen LogP contribution in [0.25, 0.3) is 10.9 Å². The number of rotatable bonds is 1. The summed E-state index contributed by atoms with van der Waals surface area (Å²) in [7, 11) is 1.57. The van der Waals surface area contributed by atoms with Gasteiger partial charge in [-0.1, -0.05) is 33.6 Å². The Morgan fingerprint density at radius 2 is 2.21 bits per heavy atom. The molecule has 0 radical (unpaired) electrons. The molecule has 0 unspecified atom stereocenters. The van der Waals surface area contributed by atoms with Crippen LogP contribution in [-0.4, -0.2) is 12.1 Å². The lowest BCUT2D eigenvalue weighted by molar-refractivity contribution is 0.414. The zero-order valence-corrected chi connectivity index (χ0v) is 9.76. The number of fused-ring (bicyclic) bond motifs is 1. The topological polar surface area (TPSA) is 22.1 Å². The second kappa shape index (κ2) is 3.75. The third-order valence-electron chi connectivity index (χ3n) is 1.95. The number of nitrogens with zero attached hydrogens (tertiary/aromatic N) is 1. The molecular weight excluding hydrogens is 265 g/mol. The van der Waals surface area contributed by atoms with Gasteiger partial charge in [-0.15, -0.1) is 0 Å². The summed E-state index contributed by atoms with van der Waals surface area (Å²) in [5.41, 5.74) is 0.852. The summed E-state index contributed by atoms with van der Waals surface area (Å²) in [6.07, 6.45) is 0. The smallest absolute Gasteiger partial charge is 0.171 e. The van der Waals surface area contributed by atoms with E-state index in [9.17, 15) is 0 Å². The maximum atomic E-state index is 5.90. The first-order valence-electron chi connectivity index (χ1n) is 4.01. The molecule has 1 aromatic carbocycles. The number of aromatic nitrogens is 1. The SMILES string of the molecule is COc1cc2c(Br)cccc2nc1Cl. The average molecular weight is 273 g/mol. The largest absolute Gasteiger partial charge is 0.494 e. The van der Waals surface area contributed by atoms with Crippen molar-refractivity contribution in [2.45, 2.75) is 0 Å². The third-order valence-corrected chi connectivity index (χ3v) is 2.91. The van der Waals surface area contributed by atoms with Gasteiger partial charge in [-0.2, -0.15) is 0 Å². The van der Waals surface area contributed by atoms with Gasteiger partial charge in [0.25, 0.3) is 0 Å². The van der Waals surface area contributed by atoms with Crippen LogP contribution in [0.4, 0.5) is 0 Å². The van der Waals surface area contributed by atoms with E-state index in [0.717, 1.165) is 15.4 Å². The second-order valence-corrected chi connectivity index (χ2v) is 4.00. The van der Waals surface area contributed by atoms with Crippen LogP contribution in [0.5, 0.6) is 5.75 Å². The number of hydrogen-bond donors (Lipinski definition) is 0. The summed E-state index contributed by atoms with van der Waals surface area (Å²) < 4.78 is 6.08. The Morgan fingerprint density at radius 1 is 1.43 bits per heavy atom. The van der Waals surface area contributed by atoms with Crippen LogP contribution in [-0.2, 0) is 0 Å². The zero-order valence-electron chi connectivity index (χ0n) is 7.42. The normalized spacial score (nSPS) is 10.5. The third kappa shape index (κ3) is 1.57. The van der Waals surface area contributed by atoms with Crippen LogP contribution in [0.2, 0.25) is 5.15 Å². The molecule has 0 aliphatic carbocycles. The van der Waals surface area contributed by atoms with Gasteiger partial charge >= 0.3 is 0 Å². The predicted octanol–water partition coefficient (Wildman–Crippen LogP) is 3.66. The molecule has 0 saturated heterocycles. The van der Waals surface area contributed by atoms with Gasteiger partial charge in [0.05, 0.1) is 12.6 Å². The lowest BCUT2D eigenvalue weighted by atomic mass is 10.2. The molecule has 0 aliphatic rings. The van der Waals surface area contributed by atoms with Gasteiger partial charge in [-0.3, -0.25) is 0 Å². The van der Waals surface area contributed by atoms with Crippen molar-refractivity contribution in [3.8, 4) is 5.75 Å². The molecule has 2 rings (SSSR count). The summed E-state index contributed by atoms with van der Waals surface area (Å²) in [6, 6.07) is 7.65. The van der Waals surface area contributed by atoms with Crippen LogP contribution in [0.15, 0.2) is 28.7 Å². The maximum absolute atomic E-state index is 5.90. The summed E-state index contributed by atoms with van der Waals surface area (Å²) in [4.78, 5) is 4.22. The molecule has 0 bridgehead atoms. The van der Waals surface area contributed by atoms with Gasteiger partial charge in [-0.25, -0.2) is 4.98 Å². The summed E-state index contributed by atoms with van der Waals surface area (Å²) in [5, 5.41) is 1.38. The Labute approximate surface area is 95.0 Å². The minimum absolute atomic E-state index is 0.387. The van der Waals surface area contributed by atoms with Crippen molar-refractivity contribution in [2.75, 3.05) is 7.11 Å². The summed E-state index contributed by atoms with van der Waals surface area (Å²) in [6.45, 7) is 0. The molecule has 0 saturated carbocycles. The quantitative estimate of drug-likeness (QED) is 0.739. The lowest BCUT2D eigenvalue weighted by Gasteiger charge is -2.05. The fourth-order valence-corrected chi connectivity index (χ4v) is 1.95. The number of benzene rings is 1. The van der Waals surface area contributed by atoms with E-state index in [2.05, 4.69) is 20.9 Å². The van der Waals surface area contributed by atoms with E-state index in [1.54, 1.807) is 7.11 Å². The first-order chi connectivity index (χ1) is 6.72. The van der Waals surface area contributed by atoms with Crippen molar-refractivity contribution < 1.29 is 4.74 Å². The van der Waals surface area contributed by atoms with Crippen LogP contribution in [0.3, 0.4) is 0 Å². The Kier molecular flexibility index (Phi) is 2.61. The number of hydrogen-bond acceptors (Lipinski definition) is 2. The molecule has 0 N–H and O–H groups in total. The standard InChI is InChI=1S/C10H7BrClNO/c1-14-9-5-6-7(11)3-2-4-8(6)13-10(9)12/h2-5H,1H3. The Hall–Kier alpha value is -0.800. The molecule has 72 valence electrons. The number of pyridine rings is 1. The minimum atomic E-state index is 0.387. The maximum Gasteiger partial charge on any atom is 0.171 e. The van der Waals surface area contributed by atoms with Crippen LogP contribution >= 0.6 is 27.5 Å². The average Bonchev–Trinajstić information content (AvgIpc) is 2.17. The molecular formula is C10H7BrClNO. The lowest BCUT2D eigenvalue weighted by Crippen LogP contribution is -1.88. The number of ether oxygens (including phenoxy) is 1. The fourth-order valence-electron chi connectivity index (χ4n) is 1.26. The first-order valence-corrected chi connectivity index (χ1v) is 5.18. The van der Waals surface area contributed by atoms with E-state index in [0.29, 0.717) is 10.9 Å². The molecule has 4 heteroatoms. The number of methoxy groups -OCH3 is 1. The van der Waals surface area contributed by atoms with Crippen molar-refractivity contribution in [2.24, 2.45) is 0 Å². The first kappa shape index (κ1) is 9.74. The van der Waals surface area contributed by atoms with Crippen LogP contribution in [0, 0.1) is 0 Å². The molecule has 14 heavy (non-hydrogen) atoms. The molecule has 2 aromatic rings. The highest BCUT2D eigenvalue weighted by Crippen LogP contribution is 2.30. The summed E-state index contributed by atoms with van der Waals surface area (Å²) in [5.74, 6) is 0.589. The highest BCUT2D eigenvalue weighted by atomic mass is 79.9. The van der Waals surface area contributed by atoms with E-state index in [1.807, 2.05) is 24.3 Å². The zero-order chi connectivity index (χ0) is 10.1. The molecule has 0 atom stereocenters. The predicted molar refractivity (Wildman–Crippen MR) is 61.0 cm³/mol. The van der Waals surface area contributed by atoms with E-state index in [-0.39, 0.29) is 0 Å². The van der Waals surface area contributed by atoms with Crippen molar-refractivity contribution >= 4 is 38.4 Å². The highest BCUT2D eigenvalue weighted by Gasteiger charge is 2.06. The second-order valence-electron chi connectivity index (χ2n) is 2.79. The molecule has 0 amide bonds. The van der Waals surface area contributed by atoms with Gasteiger partial charge < -0.3 is 4.74 Å². The van der Waals surface area contributed by atoms with Gasteiger partial charge in [0, 0.05) is 9.86 Å². The van der Waals surface area contributed by atoms with Crippen molar-refractivity contribution in [3.05, 3.63) is 33.9 Å².